The second kappa shape index (κ2) is 64.9. The van der Waals surface area contributed by atoms with E-state index in [9.17, 15) is 14.4 Å². The van der Waals surface area contributed by atoms with Gasteiger partial charge in [0.25, 0.3) is 0 Å². The molecule has 0 fully saturated rings. The van der Waals surface area contributed by atoms with Crippen molar-refractivity contribution in [1.82, 2.24) is 0 Å². The van der Waals surface area contributed by atoms with Crippen molar-refractivity contribution in [3.8, 4) is 0 Å². The Balaban J connectivity index is 4.31. The molecule has 0 aliphatic heterocycles. The highest BCUT2D eigenvalue weighted by molar-refractivity contribution is 5.71. The van der Waals surface area contributed by atoms with E-state index in [4.69, 9.17) is 14.2 Å². The molecule has 0 aromatic heterocycles. The monoisotopic (exact) mass is 1060 g/mol. The van der Waals surface area contributed by atoms with Crippen LogP contribution in [-0.2, 0) is 28.6 Å². The second-order valence-corrected chi connectivity index (χ2v) is 22.7. The fourth-order valence-corrected chi connectivity index (χ4v) is 9.98. The van der Waals surface area contributed by atoms with Gasteiger partial charge < -0.3 is 14.2 Å². The van der Waals surface area contributed by atoms with Gasteiger partial charge >= 0.3 is 17.9 Å². The van der Waals surface area contributed by atoms with Crippen LogP contribution in [0, 0.1) is 0 Å². The number of esters is 3. The van der Waals surface area contributed by atoms with Gasteiger partial charge in [-0.2, -0.15) is 0 Å². The van der Waals surface area contributed by atoms with Gasteiger partial charge in [-0.05, 0) is 83.5 Å². The normalized spacial score (nSPS) is 12.3. The van der Waals surface area contributed by atoms with Crippen molar-refractivity contribution in [2.24, 2.45) is 0 Å². The molecule has 1 unspecified atom stereocenters. The summed E-state index contributed by atoms with van der Waals surface area (Å²) in [4.78, 5) is 38.4. The highest BCUT2D eigenvalue weighted by atomic mass is 16.6. The lowest BCUT2D eigenvalue weighted by Crippen LogP contribution is -2.30. The summed E-state index contributed by atoms with van der Waals surface area (Å²) >= 11 is 0. The molecule has 0 aliphatic carbocycles. The number of ether oxygens (including phenoxy) is 3. The molecule has 76 heavy (non-hydrogen) atoms. The van der Waals surface area contributed by atoms with Crippen LogP contribution in [0.1, 0.15) is 361 Å². The molecule has 0 spiro atoms. The van der Waals surface area contributed by atoms with E-state index in [1.807, 2.05) is 0 Å². The molecule has 6 heteroatoms. The maximum Gasteiger partial charge on any atom is 0.306 e. The zero-order valence-electron chi connectivity index (χ0n) is 51.0. The van der Waals surface area contributed by atoms with Crippen molar-refractivity contribution in [3.05, 3.63) is 48.6 Å². The Kier molecular flexibility index (Phi) is 62.6. The first-order valence-corrected chi connectivity index (χ1v) is 33.6. The van der Waals surface area contributed by atoms with Gasteiger partial charge in [-0.1, -0.05) is 307 Å². The molecule has 0 saturated carbocycles. The largest absolute Gasteiger partial charge is 0.462 e. The highest BCUT2D eigenvalue weighted by Gasteiger charge is 2.19. The number of rotatable bonds is 62. The number of unbranched alkanes of at least 4 members (excludes halogenated alkanes) is 43. The highest BCUT2D eigenvalue weighted by Crippen LogP contribution is 2.17. The molecule has 0 aliphatic rings. The van der Waals surface area contributed by atoms with E-state index in [2.05, 4.69) is 69.4 Å². The minimum Gasteiger partial charge on any atom is -0.462 e. The molecule has 0 bridgehead atoms. The predicted octanol–water partition coefficient (Wildman–Crippen LogP) is 22.9. The Hall–Kier alpha value is -2.63. The third-order valence-electron chi connectivity index (χ3n) is 15.1. The van der Waals surface area contributed by atoms with E-state index in [0.29, 0.717) is 19.3 Å². The molecule has 0 heterocycles. The molecule has 0 rings (SSSR count). The van der Waals surface area contributed by atoms with Crippen LogP contribution in [0.3, 0.4) is 0 Å². The minimum atomic E-state index is -0.777. The zero-order valence-corrected chi connectivity index (χ0v) is 51.0. The van der Waals surface area contributed by atoms with Crippen molar-refractivity contribution in [3.63, 3.8) is 0 Å². The van der Waals surface area contributed by atoms with Crippen LogP contribution in [0.5, 0.6) is 0 Å². The van der Waals surface area contributed by atoms with Gasteiger partial charge in [-0.25, -0.2) is 0 Å². The average Bonchev–Trinajstić information content (AvgIpc) is 3.42. The van der Waals surface area contributed by atoms with E-state index in [0.717, 1.165) is 77.0 Å². The summed E-state index contributed by atoms with van der Waals surface area (Å²) in [7, 11) is 0. The predicted molar refractivity (Wildman–Crippen MR) is 330 cm³/mol. The quantitative estimate of drug-likeness (QED) is 0.0261. The second-order valence-electron chi connectivity index (χ2n) is 22.7. The van der Waals surface area contributed by atoms with Gasteiger partial charge in [-0.15, -0.1) is 0 Å². The number of carbonyl (C=O) groups excluding carboxylic acids is 3. The molecule has 0 amide bonds. The fraction of sp³-hybridized carbons (Fsp3) is 0.843. The van der Waals surface area contributed by atoms with Gasteiger partial charge in [0.15, 0.2) is 6.10 Å². The Morgan fingerprint density at radius 1 is 0.263 bits per heavy atom. The molecule has 444 valence electrons. The molecule has 0 N–H and O–H groups in total. The summed E-state index contributed by atoms with van der Waals surface area (Å²) in [5.74, 6) is -0.862. The number of carbonyl (C=O) groups is 3. The number of hydrogen-bond acceptors (Lipinski definition) is 6. The summed E-state index contributed by atoms with van der Waals surface area (Å²) in [6, 6.07) is 0. The third kappa shape index (κ3) is 62.2. The summed E-state index contributed by atoms with van der Waals surface area (Å²) in [6.07, 6.45) is 81.2. The van der Waals surface area contributed by atoms with E-state index in [-0.39, 0.29) is 31.1 Å². The average molecular weight is 1070 g/mol. The summed E-state index contributed by atoms with van der Waals surface area (Å²) < 4.78 is 17.0. The van der Waals surface area contributed by atoms with E-state index in [1.54, 1.807) is 0 Å². The van der Waals surface area contributed by atoms with Crippen LogP contribution in [-0.4, -0.2) is 37.2 Å². The minimum absolute atomic E-state index is 0.0739. The van der Waals surface area contributed by atoms with Gasteiger partial charge in [0.1, 0.15) is 13.2 Å². The van der Waals surface area contributed by atoms with Gasteiger partial charge in [0, 0.05) is 19.3 Å². The standard InChI is InChI=1S/C70H128O6/c1-4-7-10-13-16-19-22-25-28-31-32-33-34-35-36-37-38-40-42-45-48-51-54-57-60-63-69(72)75-66-67(65-74-68(71)62-59-56-53-50-47-44-41-30-27-24-21-18-15-12-9-6-3)76-70(73)64-61-58-55-52-49-46-43-39-29-26-23-20-17-14-11-8-5-2/h22,25,30-32,34-35,41,67H,4-21,23-24,26-29,33,36-40,42-66H2,1-3H3/b25-22-,32-31-,35-34-,41-30-. The lowest BCUT2D eigenvalue weighted by atomic mass is 10.0. The van der Waals surface area contributed by atoms with Gasteiger partial charge in [0.05, 0.1) is 0 Å². The van der Waals surface area contributed by atoms with Crippen molar-refractivity contribution < 1.29 is 28.6 Å². The first-order chi connectivity index (χ1) is 37.5. The van der Waals surface area contributed by atoms with Crippen molar-refractivity contribution in [2.45, 2.75) is 367 Å². The van der Waals surface area contributed by atoms with Crippen LogP contribution in [0.15, 0.2) is 48.6 Å². The van der Waals surface area contributed by atoms with Crippen LogP contribution in [0.2, 0.25) is 0 Å². The molecule has 0 saturated heterocycles. The van der Waals surface area contributed by atoms with Gasteiger partial charge in [0.2, 0.25) is 0 Å². The topological polar surface area (TPSA) is 78.9 Å². The Morgan fingerprint density at radius 2 is 0.474 bits per heavy atom. The van der Waals surface area contributed by atoms with E-state index >= 15 is 0 Å². The molecule has 6 nitrogen and oxygen atoms in total. The fourth-order valence-electron chi connectivity index (χ4n) is 9.98. The van der Waals surface area contributed by atoms with E-state index < -0.39 is 6.10 Å². The molecule has 0 aromatic carbocycles. The van der Waals surface area contributed by atoms with Gasteiger partial charge in [-0.3, -0.25) is 14.4 Å². The smallest absolute Gasteiger partial charge is 0.306 e. The summed E-state index contributed by atoms with van der Waals surface area (Å²) in [5, 5.41) is 0. The lowest BCUT2D eigenvalue weighted by Gasteiger charge is -2.18. The summed E-state index contributed by atoms with van der Waals surface area (Å²) in [6.45, 7) is 6.68. The first-order valence-electron chi connectivity index (χ1n) is 33.6. The maximum absolute atomic E-state index is 12.9. The van der Waals surface area contributed by atoms with E-state index in [1.165, 1.54) is 244 Å². The van der Waals surface area contributed by atoms with Crippen molar-refractivity contribution in [2.75, 3.05) is 13.2 Å². The number of hydrogen-bond donors (Lipinski definition) is 0. The Morgan fingerprint density at radius 3 is 0.750 bits per heavy atom. The lowest BCUT2D eigenvalue weighted by molar-refractivity contribution is -0.167. The Labute approximate surface area is 473 Å². The molecule has 0 radical (unpaired) electrons. The number of allylic oxidation sites excluding steroid dienone is 8. The SMILES string of the molecule is CCCCCCC/C=C\C/C=C\C/C=C\CCCCCCCCCCCCC(=O)OCC(COC(=O)CCCCCCC/C=C\CCCCCCCCC)OC(=O)CCCCCCCCCCCCCCCCCCC. The van der Waals surface area contributed by atoms with Crippen LogP contribution in [0.25, 0.3) is 0 Å². The molecule has 1 atom stereocenters. The Bertz CT molecular complexity index is 1310. The van der Waals surface area contributed by atoms with Crippen LogP contribution >= 0.6 is 0 Å². The van der Waals surface area contributed by atoms with Crippen molar-refractivity contribution >= 4 is 17.9 Å². The van der Waals surface area contributed by atoms with Crippen molar-refractivity contribution in [1.29, 1.82) is 0 Å². The maximum atomic E-state index is 12.9. The first kappa shape index (κ1) is 73.4. The summed E-state index contributed by atoms with van der Waals surface area (Å²) in [5.41, 5.74) is 0. The molecule has 0 aromatic rings. The molecular formula is C70H128O6. The third-order valence-corrected chi connectivity index (χ3v) is 15.1. The van der Waals surface area contributed by atoms with Crippen LogP contribution in [0.4, 0.5) is 0 Å². The molecular weight excluding hydrogens is 937 g/mol. The van der Waals surface area contributed by atoms with Crippen LogP contribution < -0.4 is 0 Å². The zero-order chi connectivity index (χ0) is 55.0.